The third-order valence-electron chi connectivity index (χ3n) is 5.71. The zero-order chi connectivity index (χ0) is 23.6. The number of benzene rings is 1. The highest BCUT2D eigenvalue weighted by Gasteiger charge is 2.37. The first kappa shape index (κ1) is 24.0. The Morgan fingerprint density at radius 2 is 1.66 bits per heavy atom. The van der Waals surface area contributed by atoms with Crippen LogP contribution in [-0.2, 0) is 19.6 Å². The minimum Gasteiger partial charge on any atom is -0.462 e. The van der Waals surface area contributed by atoms with E-state index in [0.29, 0.717) is 24.2 Å². The van der Waals surface area contributed by atoms with E-state index in [1.165, 1.54) is 4.31 Å². The summed E-state index contributed by atoms with van der Waals surface area (Å²) in [5.74, 6) is -1.04. The predicted molar refractivity (Wildman–Crippen MR) is 122 cm³/mol. The van der Waals surface area contributed by atoms with Crippen LogP contribution in [0, 0.1) is 33.6 Å². The van der Waals surface area contributed by atoms with E-state index in [4.69, 9.17) is 4.74 Å². The Hall–Kier alpha value is -2.65. The highest BCUT2D eigenvalue weighted by atomic mass is 32.2. The topological polar surface area (TPSA) is 109 Å². The number of carbonyl (C=O) groups is 2. The van der Waals surface area contributed by atoms with Gasteiger partial charge in [0, 0.05) is 36.1 Å². The summed E-state index contributed by atoms with van der Waals surface area (Å²) in [5, 5.41) is 2.96. The second kappa shape index (κ2) is 9.46. The zero-order valence-electron chi connectivity index (χ0n) is 19.2. The van der Waals surface area contributed by atoms with Gasteiger partial charge in [-0.2, -0.15) is 4.31 Å². The fraction of sp³-hybridized carbons (Fsp3) is 0.478. The maximum atomic E-state index is 13.4. The Morgan fingerprint density at radius 3 is 2.22 bits per heavy atom. The van der Waals surface area contributed by atoms with Crippen molar-refractivity contribution in [3.8, 4) is 0 Å². The molecule has 1 saturated heterocycles. The van der Waals surface area contributed by atoms with Gasteiger partial charge in [-0.3, -0.25) is 4.79 Å². The predicted octanol–water partition coefficient (Wildman–Crippen LogP) is 3.46. The van der Waals surface area contributed by atoms with Gasteiger partial charge in [0.2, 0.25) is 15.9 Å². The smallest absolute Gasteiger partial charge is 0.341 e. The monoisotopic (exact) mass is 461 g/mol. The SMILES string of the molecule is CCOC(=O)c1c(C)[nH]c(C)c1S(=O)(=O)N1CCC(C(=O)Nc2cc(C)cc(C)c2)CC1. The van der Waals surface area contributed by atoms with E-state index < -0.39 is 16.0 Å². The van der Waals surface area contributed by atoms with E-state index >= 15 is 0 Å². The number of esters is 1. The lowest BCUT2D eigenvalue weighted by molar-refractivity contribution is -0.120. The summed E-state index contributed by atoms with van der Waals surface area (Å²) in [5.41, 5.74) is 3.80. The highest BCUT2D eigenvalue weighted by Crippen LogP contribution is 2.31. The van der Waals surface area contributed by atoms with Gasteiger partial charge < -0.3 is 15.0 Å². The standard InChI is InChI=1S/C23H31N3O5S/c1-6-31-23(28)20-16(4)24-17(5)21(20)32(29,30)26-9-7-18(8-10-26)22(27)25-19-12-14(2)11-15(3)13-19/h11-13,18,24H,6-10H2,1-5H3,(H,25,27). The molecule has 1 fully saturated rings. The first-order valence-electron chi connectivity index (χ1n) is 10.8. The third kappa shape index (κ3) is 4.88. The van der Waals surface area contributed by atoms with Crippen molar-refractivity contribution in [2.24, 2.45) is 5.92 Å². The number of aromatic nitrogens is 1. The van der Waals surface area contributed by atoms with Crippen molar-refractivity contribution in [2.75, 3.05) is 25.0 Å². The number of nitrogens with one attached hydrogen (secondary N) is 2. The van der Waals surface area contributed by atoms with Crippen LogP contribution in [0.1, 0.15) is 52.6 Å². The van der Waals surface area contributed by atoms with E-state index in [1.54, 1.807) is 20.8 Å². The van der Waals surface area contributed by atoms with Gasteiger partial charge in [-0.05, 0) is 70.7 Å². The van der Waals surface area contributed by atoms with Crippen LogP contribution >= 0.6 is 0 Å². The van der Waals surface area contributed by atoms with Crippen molar-refractivity contribution in [1.29, 1.82) is 0 Å². The Labute approximate surface area is 189 Å². The van der Waals surface area contributed by atoms with Gasteiger partial charge in [-0.1, -0.05) is 6.07 Å². The molecule has 2 aromatic rings. The Morgan fingerprint density at radius 1 is 1.06 bits per heavy atom. The molecule has 174 valence electrons. The normalized spacial score (nSPS) is 15.5. The molecule has 32 heavy (non-hydrogen) atoms. The first-order chi connectivity index (χ1) is 15.0. The molecule has 2 heterocycles. The number of amides is 1. The maximum Gasteiger partial charge on any atom is 0.341 e. The third-order valence-corrected chi connectivity index (χ3v) is 7.78. The Kier molecular flexibility index (Phi) is 7.09. The number of hydrogen-bond acceptors (Lipinski definition) is 5. The van der Waals surface area contributed by atoms with Gasteiger partial charge in [0.25, 0.3) is 0 Å². The largest absolute Gasteiger partial charge is 0.462 e. The van der Waals surface area contributed by atoms with Crippen LogP contribution in [0.15, 0.2) is 23.1 Å². The van der Waals surface area contributed by atoms with Gasteiger partial charge in [0.05, 0.1) is 6.61 Å². The summed E-state index contributed by atoms with van der Waals surface area (Å²) in [4.78, 5) is 28.1. The molecule has 2 N–H and O–H groups in total. The molecule has 0 saturated carbocycles. The van der Waals surface area contributed by atoms with Crippen LogP contribution in [0.2, 0.25) is 0 Å². The molecule has 9 heteroatoms. The summed E-state index contributed by atoms with van der Waals surface area (Å²) in [6, 6.07) is 5.87. The average Bonchev–Trinajstić information content (AvgIpc) is 3.02. The van der Waals surface area contributed by atoms with E-state index in [1.807, 2.05) is 32.0 Å². The lowest BCUT2D eigenvalue weighted by atomic mass is 9.97. The van der Waals surface area contributed by atoms with Crippen LogP contribution < -0.4 is 5.32 Å². The minimum atomic E-state index is -3.92. The molecule has 3 rings (SSSR count). The molecular formula is C23H31N3O5S. The number of nitrogens with zero attached hydrogens (tertiary/aromatic N) is 1. The number of H-pyrrole nitrogens is 1. The Bertz CT molecular complexity index is 1110. The molecule has 0 unspecified atom stereocenters. The summed E-state index contributed by atoms with van der Waals surface area (Å²) >= 11 is 0. The number of rotatable bonds is 6. The van der Waals surface area contributed by atoms with Gasteiger partial charge in [0.15, 0.2) is 0 Å². The van der Waals surface area contributed by atoms with Crippen molar-refractivity contribution < 1.29 is 22.7 Å². The maximum absolute atomic E-state index is 13.4. The Balaban J connectivity index is 1.73. The molecule has 0 spiro atoms. The van der Waals surface area contributed by atoms with Crippen molar-refractivity contribution in [3.05, 3.63) is 46.3 Å². The van der Waals surface area contributed by atoms with Crippen molar-refractivity contribution in [1.82, 2.24) is 9.29 Å². The molecule has 0 bridgehead atoms. The zero-order valence-corrected chi connectivity index (χ0v) is 20.1. The average molecular weight is 462 g/mol. The fourth-order valence-electron chi connectivity index (χ4n) is 4.31. The number of anilines is 1. The summed E-state index contributed by atoms with van der Waals surface area (Å²) in [6.07, 6.45) is 0.820. The van der Waals surface area contributed by atoms with Crippen LogP contribution in [-0.4, -0.2) is 49.3 Å². The number of aromatic amines is 1. The van der Waals surface area contributed by atoms with Gasteiger partial charge in [-0.25, -0.2) is 13.2 Å². The molecule has 0 atom stereocenters. The molecule has 1 aliphatic heterocycles. The van der Waals surface area contributed by atoms with Gasteiger partial charge in [-0.15, -0.1) is 0 Å². The summed E-state index contributed by atoms with van der Waals surface area (Å²) < 4.78 is 33.2. The molecule has 1 aromatic carbocycles. The highest BCUT2D eigenvalue weighted by molar-refractivity contribution is 7.89. The van der Waals surface area contributed by atoms with Crippen LogP contribution in [0.3, 0.4) is 0 Å². The molecule has 1 aromatic heterocycles. The van der Waals surface area contributed by atoms with Crippen LogP contribution in [0.5, 0.6) is 0 Å². The fourth-order valence-corrected chi connectivity index (χ4v) is 6.19. The van der Waals surface area contributed by atoms with E-state index in [0.717, 1.165) is 16.8 Å². The lowest BCUT2D eigenvalue weighted by Crippen LogP contribution is -2.41. The van der Waals surface area contributed by atoms with Crippen molar-refractivity contribution in [3.63, 3.8) is 0 Å². The van der Waals surface area contributed by atoms with E-state index in [2.05, 4.69) is 10.3 Å². The summed E-state index contributed by atoms with van der Waals surface area (Å²) in [6.45, 7) is 9.48. The number of aryl methyl sites for hydroxylation is 4. The second-order valence-corrected chi connectivity index (χ2v) is 10.2. The molecule has 1 aliphatic rings. The molecule has 0 radical (unpaired) electrons. The second-order valence-electron chi connectivity index (χ2n) is 8.34. The number of hydrogen-bond donors (Lipinski definition) is 2. The lowest BCUT2D eigenvalue weighted by Gasteiger charge is -2.30. The minimum absolute atomic E-state index is 0.0356. The molecule has 8 nitrogen and oxygen atoms in total. The van der Waals surface area contributed by atoms with Crippen LogP contribution in [0.25, 0.3) is 0 Å². The van der Waals surface area contributed by atoms with Crippen molar-refractivity contribution in [2.45, 2.75) is 52.4 Å². The van der Waals surface area contributed by atoms with E-state index in [-0.39, 0.29) is 42.0 Å². The van der Waals surface area contributed by atoms with Crippen LogP contribution in [0.4, 0.5) is 5.69 Å². The number of sulfonamides is 1. The molecule has 1 amide bonds. The molecule has 0 aliphatic carbocycles. The number of ether oxygens (including phenoxy) is 1. The summed E-state index contributed by atoms with van der Waals surface area (Å²) in [7, 11) is -3.92. The van der Waals surface area contributed by atoms with Gasteiger partial charge in [0.1, 0.15) is 10.5 Å². The van der Waals surface area contributed by atoms with Crippen molar-refractivity contribution >= 4 is 27.6 Å². The molecular weight excluding hydrogens is 430 g/mol. The van der Waals surface area contributed by atoms with Gasteiger partial charge >= 0.3 is 5.97 Å². The quantitative estimate of drug-likeness (QED) is 0.641. The van der Waals surface area contributed by atoms with E-state index in [9.17, 15) is 18.0 Å². The first-order valence-corrected chi connectivity index (χ1v) is 12.2. The number of carbonyl (C=O) groups excluding carboxylic acids is 2. The number of piperidine rings is 1.